The van der Waals surface area contributed by atoms with E-state index in [0.717, 1.165) is 25.9 Å². The molecule has 0 bridgehead atoms. The van der Waals surface area contributed by atoms with E-state index in [2.05, 4.69) is 32.8 Å². The summed E-state index contributed by atoms with van der Waals surface area (Å²) >= 11 is 2.27. The number of nitrogens with two attached hydrogens (primary N) is 1. The molecule has 4 rings (SSSR count). The molecule has 1 aromatic carbocycles. The van der Waals surface area contributed by atoms with Crippen molar-refractivity contribution in [1.29, 1.82) is 0 Å². The van der Waals surface area contributed by atoms with Gasteiger partial charge in [0, 0.05) is 37.0 Å². The van der Waals surface area contributed by atoms with Crippen LogP contribution in [-0.4, -0.2) is 55.9 Å². The molecule has 32 heavy (non-hydrogen) atoms. The van der Waals surface area contributed by atoms with E-state index in [1.165, 1.54) is 13.0 Å². The fraction of sp³-hybridized carbons (Fsp3) is 0.500. The predicted octanol–water partition coefficient (Wildman–Crippen LogP) is 2.31. The molecule has 1 spiro atoms. The number of nitrogens with zero attached hydrogens (tertiary/aromatic N) is 3. The highest BCUT2D eigenvalue weighted by molar-refractivity contribution is 14.1. The van der Waals surface area contributed by atoms with Crippen LogP contribution in [0.15, 0.2) is 18.2 Å². The van der Waals surface area contributed by atoms with E-state index in [9.17, 15) is 15.0 Å². The highest BCUT2D eigenvalue weighted by atomic mass is 127. The Morgan fingerprint density at radius 2 is 2.09 bits per heavy atom. The van der Waals surface area contributed by atoms with Crippen molar-refractivity contribution in [3.05, 3.63) is 29.6 Å². The Bertz CT molecular complexity index is 1030. The molecule has 2 fully saturated rings. The van der Waals surface area contributed by atoms with Crippen molar-refractivity contribution in [3.63, 3.8) is 0 Å². The normalized spacial score (nSPS) is 22.3. The van der Waals surface area contributed by atoms with Crippen molar-refractivity contribution < 1.29 is 19.7 Å². The number of hydrogen-bond acceptors (Lipinski definition) is 8. The Labute approximate surface area is 200 Å². The summed E-state index contributed by atoms with van der Waals surface area (Å²) in [7, 11) is 0. The average Bonchev–Trinajstić information content (AvgIpc) is 3.04. The number of aryl methyl sites for hydroxylation is 1. The number of aliphatic hydroxyl groups is 1. The number of amides is 1. The molecule has 2 aromatic rings. The lowest BCUT2D eigenvalue weighted by Crippen LogP contribution is -2.50. The smallest absolute Gasteiger partial charge is 0.221 e. The van der Waals surface area contributed by atoms with Crippen LogP contribution < -0.4 is 16.0 Å². The number of carbonyl (C=O) groups excluding carboxylic acids is 1. The van der Waals surface area contributed by atoms with Crippen LogP contribution >= 0.6 is 22.6 Å². The monoisotopic (exact) mass is 553 g/mol. The van der Waals surface area contributed by atoms with Crippen LogP contribution in [-0.2, 0) is 16.1 Å². The van der Waals surface area contributed by atoms with Gasteiger partial charge in [-0.25, -0.2) is 9.97 Å². The number of benzene rings is 1. The lowest BCUT2D eigenvalue weighted by molar-refractivity contribution is -0.114. The minimum atomic E-state index is -0.282. The lowest BCUT2D eigenvalue weighted by atomic mass is 9.75. The Kier molecular flexibility index (Phi) is 6.57. The van der Waals surface area contributed by atoms with Crippen molar-refractivity contribution in [2.24, 2.45) is 11.1 Å². The fourth-order valence-corrected chi connectivity index (χ4v) is 5.46. The molecule has 0 radical (unpaired) electrons. The molecule has 0 aliphatic carbocycles. The number of aliphatic hydroxyl groups excluding tert-OH is 1. The zero-order valence-electron chi connectivity index (χ0n) is 18.1. The van der Waals surface area contributed by atoms with E-state index in [-0.39, 0.29) is 33.8 Å². The second kappa shape index (κ2) is 9.08. The summed E-state index contributed by atoms with van der Waals surface area (Å²) in [5.74, 6) is 0.373. The third-order valence-corrected chi connectivity index (χ3v) is 7.56. The van der Waals surface area contributed by atoms with Gasteiger partial charge in [0.25, 0.3) is 0 Å². The largest absolute Gasteiger partial charge is 0.506 e. The summed E-state index contributed by atoms with van der Waals surface area (Å²) in [6, 6.07) is 4.89. The van der Waals surface area contributed by atoms with Gasteiger partial charge in [0.1, 0.15) is 15.6 Å². The molecule has 0 unspecified atom stereocenters. The maximum absolute atomic E-state index is 11.4. The average molecular weight is 553 g/mol. The molecular weight excluding hydrogens is 525 g/mol. The summed E-state index contributed by atoms with van der Waals surface area (Å²) < 4.78 is 5.84. The zero-order chi connectivity index (χ0) is 23.0. The highest BCUT2D eigenvalue weighted by Crippen LogP contribution is 2.44. The maximum atomic E-state index is 11.4. The van der Waals surface area contributed by atoms with Gasteiger partial charge in [-0.15, -0.1) is 0 Å². The first-order valence-electron chi connectivity index (χ1n) is 10.6. The van der Waals surface area contributed by atoms with Crippen LogP contribution in [0.1, 0.15) is 31.2 Å². The number of piperidine rings is 1. The molecule has 2 aliphatic rings. The number of aromatic hydroxyl groups is 1. The first-order valence-corrected chi connectivity index (χ1v) is 11.8. The Morgan fingerprint density at radius 1 is 1.38 bits per heavy atom. The van der Waals surface area contributed by atoms with E-state index in [0.29, 0.717) is 40.8 Å². The molecule has 1 amide bonds. The summed E-state index contributed by atoms with van der Waals surface area (Å²) in [6.45, 7) is 5.23. The number of nitrogens with one attached hydrogen (secondary N) is 1. The Morgan fingerprint density at radius 3 is 2.69 bits per heavy atom. The quantitative estimate of drug-likeness (QED) is 0.258. The molecule has 3 heterocycles. The van der Waals surface area contributed by atoms with E-state index in [4.69, 9.17) is 20.4 Å². The van der Waals surface area contributed by atoms with Crippen molar-refractivity contribution in [1.82, 2.24) is 9.97 Å². The maximum Gasteiger partial charge on any atom is 0.221 e. The van der Waals surface area contributed by atoms with E-state index >= 15 is 0 Å². The third kappa shape index (κ3) is 4.28. The minimum absolute atomic E-state index is 0.00367. The van der Waals surface area contributed by atoms with Gasteiger partial charge in [0.15, 0.2) is 5.82 Å². The van der Waals surface area contributed by atoms with Crippen LogP contribution in [0.25, 0.3) is 11.3 Å². The molecule has 172 valence electrons. The van der Waals surface area contributed by atoms with Gasteiger partial charge >= 0.3 is 0 Å². The molecule has 9 nitrogen and oxygen atoms in total. The van der Waals surface area contributed by atoms with E-state index < -0.39 is 0 Å². The van der Waals surface area contributed by atoms with Crippen LogP contribution in [0.5, 0.6) is 5.75 Å². The van der Waals surface area contributed by atoms with Crippen LogP contribution in [0.3, 0.4) is 0 Å². The number of phenols is 1. The summed E-state index contributed by atoms with van der Waals surface area (Å²) in [6.07, 6.45) is 1.80. The minimum Gasteiger partial charge on any atom is -0.506 e. The van der Waals surface area contributed by atoms with Gasteiger partial charge in [0.05, 0.1) is 30.3 Å². The lowest BCUT2D eigenvalue weighted by Gasteiger charge is -2.41. The topological polar surface area (TPSA) is 134 Å². The van der Waals surface area contributed by atoms with Gasteiger partial charge in [-0.05, 0) is 60.6 Å². The van der Waals surface area contributed by atoms with E-state index in [1.807, 2.05) is 6.92 Å². The number of aromatic nitrogens is 2. The van der Waals surface area contributed by atoms with Crippen molar-refractivity contribution >= 4 is 40.0 Å². The SMILES string of the molecule is CC(=O)Nc1cc(-c2nc(CO)c(N3CCC4(CC3)CO[C@@H](I)[C@H]4N)nc2C)ccc1O. The molecule has 2 saturated heterocycles. The highest BCUT2D eigenvalue weighted by Gasteiger charge is 2.48. The third-order valence-electron chi connectivity index (χ3n) is 6.43. The van der Waals surface area contributed by atoms with Gasteiger partial charge in [0.2, 0.25) is 5.91 Å². The van der Waals surface area contributed by atoms with Crippen LogP contribution in [0.2, 0.25) is 0 Å². The van der Waals surface area contributed by atoms with Gasteiger partial charge in [-0.3, -0.25) is 4.79 Å². The number of ether oxygens (including phenoxy) is 1. The second-order valence-electron chi connectivity index (χ2n) is 8.54. The van der Waals surface area contributed by atoms with E-state index in [1.54, 1.807) is 12.1 Å². The molecule has 5 N–H and O–H groups in total. The van der Waals surface area contributed by atoms with Crippen molar-refractivity contribution in [2.75, 3.05) is 29.9 Å². The molecule has 10 heteroatoms. The van der Waals surface area contributed by atoms with Crippen LogP contribution in [0, 0.1) is 12.3 Å². The van der Waals surface area contributed by atoms with Gasteiger partial charge in [-0.1, -0.05) is 0 Å². The number of hydrogen-bond donors (Lipinski definition) is 4. The molecule has 2 atom stereocenters. The van der Waals surface area contributed by atoms with Crippen LogP contribution in [0.4, 0.5) is 11.5 Å². The number of carbonyl (C=O) groups is 1. The number of rotatable bonds is 4. The number of halogens is 1. The molecule has 0 saturated carbocycles. The number of alkyl halides is 1. The Balaban J connectivity index is 1.61. The van der Waals surface area contributed by atoms with Crippen molar-refractivity contribution in [3.8, 4) is 17.0 Å². The first-order chi connectivity index (χ1) is 15.2. The fourth-order valence-electron chi connectivity index (χ4n) is 4.51. The summed E-state index contributed by atoms with van der Waals surface area (Å²) in [5.41, 5.74) is 9.21. The molecule has 2 aliphatic heterocycles. The molecular formula is C22H28IN5O4. The van der Waals surface area contributed by atoms with Crippen molar-refractivity contribution in [2.45, 2.75) is 43.4 Å². The summed E-state index contributed by atoms with van der Waals surface area (Å²) in [4.78, 5) is 23.1. The number of anilines is 2. The standard InChI is InChI=1S/C22H28IN5O4/c1-12-18(14-3-4-17(31)15(9-14)26-13(2)30)27-16(10-29)21(25-12)28-7-5-22(6-8-28)11-32-20(23)19(22)24/h3-4,9,19-20,29,31H,5-8,10-11,24H2,1-2H3,(H,26,30)/t19-,20-/m1/s1. The van der Waals surface area contributed by atoms with Gasteiger partial charge in [-0.2, -0.15) is 0 Å². The predicted molar refractivity (Wildman–Crippen MR) is 130 cm³/mol. The summed E-state index contributed by atoms with van der Waals surface area (Å²) in [5, 5.41) is 22.7. The first kappa shape index (κ1) is 23.1. The number of phenolic OH excluding ortho intramolecular Hbond substituents is 1. The van der Waals surface area contributed by atoms with Gasteiger partial charge < -0.3 is 30.9 Å². The Hall–Kier alpha value is -2.02. The zero-order valence-corrected chi connectivity index (χ0v) is 20.3. The molecule has 1 aromatic heterocycles. The second-order valence-corrected chi connectivity index (χ2v) is 9.76.